The second-order valence-electron chi connectivity index (χ2n) is 6.05. The molecule has 0 saturated carbocycles. The number of anilines is 1. The molecule has 0 bridgehead atoms. The Labute approximate surface area is 172 Å². The lowest BCUT2D eigenvalue weighted by atomic mass is 10.1. The summed E-state index contributed by atoms with van der Waals surface area (Å²) in [5.41, 5.74) is 2.18. The second kappa shape index (κ2) is 9.53. The molecule has 0 saturated heterocycles. The van der Waals surface area contributed by atoms with Crippen molar-refractivity contribution in [3.05, 3.63) is 71.6 Å². The zero-order valence-corrected chi connectivity index (χ0v) is 16.4. The SMILES string of the molecule is CC(OC(=O)COc1ccccc1-c1ccccc1)C(=O)Nc1sccc1C#N. The zero-order valence-electron chi connectivity index (χ0n) is 15.6. The van der Waals surface area contributed by atoms with Crippen molar-refractivity contribution in [2.24, 2.45) is 0 Å². The van der Waals surface area contributed by atoms with Crippen molar-refractivity contribution in [1.29, 1.82) is 5.26 Å². The van der Waals surface area contributed by atoms with E-state index in [4.69, 9.17) is 14.7 Å². The van der Waals surface area contributed by atoms with E-state index in [9.17, 15) is 9.59 Å². The Morgan fingerprint density at radius 3 is 2.59 bits per heavy atom. The highest BCUT2D eigenvalue weighted by Crippen LogP contribution is 2.29. The quantitative estimate of drug-likeness (QED) is 0.593. The maximum atomic E-state index is 12.2. The summed E-state index contributed by atoms with van der Waals surface area (Å²) in [6, 6.07) is 20.6. The molecule has 6 nitrogen and oxygen atoms in total. The summed E-state index contributed by atoms with van der Waals surface area (Å²) in [7, 11) is 0. The number of carbonyl (C=O) groups is 2. The van der Waals surface area contributed by atoms with Crippen LogP contribution in [0, 0.1) is 11.3 Å². The van der Waals surface area contributed by atoms with Crippen LogP contribution in [0.5, 0.6) is 5.75 Å². The fraction of sp³-hybridized carbons (Fsp3) is 0.136. The number of carbonyl (C=O) groups excluding carboxylic acids is 2. The minimum absolute atomic E-state index is 0.329. The Morgan fingerprint density at radius 2 is 1.83 bits per heavy atom. The van der Waals surface area contributed by atoms with Gasteiger partial charge in [0.1, 0.15) is 16.8 Å². The Bertz CT molecular complexity index is 1040. The van der Waals surface area contributed by atoms with Gasteiger partial charge in [0, 0.05) is 5.56 Å². The predicted octanol–water partition coefficient (Wildman–Crippen LogP) is 4.24. The van der Waals surface area contributed by atoms with E-state index in [0.717, 1.165) is 11.1 Å². The van der Waals surface area contributed by atoms with Crippen LogP contribution in [0.4, 0.5) is 5.00 Å². The fourth-order valence-corrected chi connectivity index (χ4v) is 3.32. The van der Waals surface area contributed by atoms with Crippen LogP contribution >= 0.6 is 11.3 Å². The molecule has 2 aromatic carbocycles. The van der Waals surface area contributed by atoms with E-state index in [-0.39, 0.29) is 6.61 Å². The van der Waals surface area contributed by atoms with Crippen LogP contribution in [0.25, 0.3) is 11.1 Å². The molecular weight excluding hydrogens is 388 g/mol. The molecule has 1 heterocycles. The molecule has 0 aliphatic heterocycles. The van der Waals surface area contributed by atoms with Crippen LogP contribution in [0.3, 0.4) is 0 Å². The van der Waals surface area contributed by atoms with Gasteiger partial charge in [-0.05, 0) is 30.0 Å². The number of nitriles is 1. The molecular formula is C22H18N2O4S. The second-order valence-corrected chi connectivity index (χ2v) is 6.96. The first-order valence-electron chi connectivity index (χ1n) is 8.83. The topological polar surface area (TPSA) is 88.4 Å². The third kappa shape index (κ3) is 5.21. The van der Waals surface area contributed by atoms with Crippen molar-refractivity contribution in [3.63, 3.8) is 0 Å². The number of esters is 1. The molecule has 0 aliphatic carbocycles. The van der Waals surface area contributed by atoms with Crippen molar-refractivity contribution < 1.29 is 19.1 Å². The van der Waals surface area contributed by atoms with Crippen LogP contribution in [-0.4, -0.2) is 24.6 Å². The van der Waals surface area contributed by atoms with E-state index in [1.807, 2.05) is 54.6 Å². The van der Waals surface area contributed by atoms with Gasteiger partial charge >= 0.3 is 5.97 Å². The van der Waals surface area contributed by atoms with E-state index in [1.54, 1.807) is 17.5 Å². The van der Waals surface area contributed by atoms with Crippen molar-refractivity contribution in [1.82, 2.24) is 0 Å². The number of hydrogen-bond acceptors (Lipinski definition) is 6. The zero-order chi connectivity index (χ0) is 20.6. The van der Waals surface area contributed by atoms with Crippen molar-refractivity contribution in [2.75, 3.05) is 11.9 Å². The van der Waals surface area contributed by atoms with Crippen molar-refractivity contribution >= 4 is 28.2 Å². The Balaban J connectivity index is 1.57. The van der Waals surface area contributed by atoms with Crippen LogP contribution in [0.2, 0.25) is 0 Å². The minimum Gasteiger partial charge on any atom is -0.481 e. The van der Waals surface area contributed by atoms with E-state index < -0.39 is 18.0 Å². The Kier molecular flexibility index (Phi) is 6.61. The standard InChI is InChI=1S/C22H18N2O4S/c1-15(21(26)24-22-17(13-23)11-12-29-22)28-20(25)14-27-19-10-6-5-9-18(19)16-7-3-2-4-8-16/h2-12,15H,14H2,1H3,(H,24,26). The number of para-hydroxylation sites is 1. The molecule has 1 unspecified atom stereocenters. The maximum Gasteiger partial charge on any atom is 0.344 e. The average Bonchev–Trinajstić information content (AvgIpc) is 3.20. The first-order chi connectivity index (χ1) is 14.1. The summed E-state index contributed by atoms with van der Waals surface area (Å²) in [5, 5.41) is 13.7. The summed E-state index contributed by atoms with van der Waals surface area (Å²) >= 11 is 1.23. The summed E-state index contributed by atoms with van der Waals surface area (Å²) in [6.45, 7) is 1.13. The van der Waals surface area contributed by atoms with Gasteiger partial charge in [-0.25, -0.2) is 4.79 Å². The molecule has 0 radical (unpaired) electrons. The summed E-state index contributed by atoms with van der Waals surface area (Å²) < 4.78 is 10.8. The molecule has 3 rings (SSSR count). The van der Waals surface area contributed by atoms with Gasteiger partial charge in [0.2, 0.25) is 0 Å². The number of nitrogens with one attached hydrogen (secondary N) is 1. The van der Waals surface area contributed by atoms with Gasteiger partial charge < -0.3 is 14.8 Å². The van der Waals surface area contributed by atoms with E-state index >= 15 is 0 Å². The fourth-order valence-electron chi connectivity index (χ4n) is 2.58. The van der Waals surface area contributed by atoms with Gasteiger partial charge in [-0.1, -0.05) is 48.5 Å². The maximum absolute atomic E-state index is 12.2. The Morgan fingerprint density at radius 1 is 1.10 bits per heavy atom. The van der Waals surface area contributed by atoms with Gasteiger partial charge in [0.05, 0.1) is 5.56 Å². The number of hydrogen-bond donors (Lipinski definition) is 1. The Hall–Kier alpha value is -3.63. The number of benzene rings is 2. The molecule has 1 aromatic heterocycles. The first kappa shape index (κ1) is 20.1. The lowest BCUT2D eigenvalue weighted by Gasteiger charge is -2.14. The smallest absolute Gasteiger partial charge is 0.344 e. The predicted molar refractivity (Wildman–Crippen MR) is 111 cm³/mol. The van der Waals surface area contributed by atoms with Crippen molar-refractivity contribution in [3.8, 4) is 22.9 Å². The summed E-state index contributed by atoms with van der Waals surface area (Å²) in [5.74, 6) is -0.630. The monoisotopic (exact) mass is 406 g/mol. The molecule has 0 aliphatic rings. The molecule has 1 atom stereocenters. The molecule has 1 N–H and O–H groups in total. The lowest BCUT2D eigenvalue weighted by molar-refractivity contribution is -0.155. The molecule has 146 valence electrons. The van der Waals surface area contributed by atoms with Gasteiger partial charge in [0.15, 0.2) is 12.7 Å². The molecule has 0 fully saturated rings. The number of rotatable bonds is 7. The van der Waals surface area contributed by atoms with E-state index in [2.05, 4.69) is 5.32 Å². The summed E-state index contributed by atoms with van der Waals surface area (Å²) in [6.07, 6.45) is -1.02. The molecule has 29 heavy (non-hydrogen) atoms. The normalized spacial score (nSPS) is 11.2. The molecule has 3 aromatic rings. The van der Waals surface area contributed by atoms with Crippen LogP contribution < -0.4 is 10.1 Å². The highest BCUT2D eigenvalue weighted by atomic mass is 32.1. The number of ether oxygens (including phenoxy) is 2. The third-order valence-corrected chi connectivity index (χ3v) is 4.85. The first-order valence-corrected chi connectivity index (χ1v) is 9.71. The molecule has 1 amide bonds. The molecule has 0 spiro atoms. The van der Waals surface area contributed by atoms with Gasteiger partial charge in [-0.15, -0.1) is 11.3 Å². The number of amides is 1. The number of thiophene rings is 1. The highest BCUT2D eigenvalue weighted by Gasteiger charge is 2.20. The highest BCUT2D eigenvalue weighted by molar-refractivity contribution is 7.14. The summed E-state index contributed by atoms with van der Waals surface area (Å²) in [4.78, 5) is 24.3. The van der Waals surface area contributed by atoms with E-state index in [0.29, 0.717) is 16.3 Å². The van der Waals surface area contributed by atoms with E-state index in [1.165, 1.54) is 18.3 Å². The van der Waals surface area contributed by atoms with Crippen LogP contribution in [0.15, 0.2) is 66.0 Å². The third-order valence-electron chi connectivity index (χ3n) is 4.02. The van der Waals surface area contributed by atoms with Gasteiger partial charge in [-0.2, -0.15) is 5.26 Å². The van der Waals surface area contributed by atoms with Gasteiger partial charge in [-0.3, -0.25) is 4.79 Å². The minimum atomic E-state index is -1.02. The van der Waals surface area contributed by atoms with Crippen LogP contribution in [0.1, 0.15) is 12.5 Å². The largest absolute Gasteiger partial charge is 0.481 e. The van der Waals surface area contributed by atoms with Crippen molar-refractivity contribution in [2.45, 2.75) is 13.0 Å². The number of nitrogens with zero attached hydrogens (tertiary/aromatic N) is 1. The van der Waals surface area contributed by atoms with Gasteiger partial charge in [0.25, 0.3) is 5.91 Å². The van der Waals surface area contributed by atoms with Crippen LogP contribution in [-0.2, 0) is 14.3 Å². The average molecular weight is 406 g/mol. The lowest BCUT2D eigenvalue weighted by Crippen LogP contribution is -2.31. The molecule has 7 heteroatoms.